The largest absolute Gasteiger partial charge is 0.266 e. The van der Waals surface area contributed by atoms with E-state index < -0.39 is 10.0 Å². The number of nitrogens with one attached hydrogen (secondary N) is 2. The van der Waals surface area contributed by atoms with Gasteiger partial charge in [-0.05, 0) is 18.2 Å². The first-order valence-corrected chi connectivity index (χ1v) is 7.78. The normalized spacial score (nSPS) is 12.0. The van der Waals surface area contributed by atoms with Gasteiger partial charge in [0.1, 0.15) is 5.01 Å². The minimum Gasteiger partial charge on any atom is -0.266 e. The zero-order valence-electron chi connectivity index (χ0n) is 9.70. The minimum absolute atomic E-state index is 0.0496. The number of para-hydroxylation sites is 1. The van der Waals surface area contributed by atoms with Gasteiger partial charge in [0.2, 0.25) is 0 Å². The summed E-state index contributed by atoms with van der Waals surface area (Å²) in [5, 5.41) is 6.82. The summed E-state index contributed by atoms with van der Waals surface area (Å²) in [5.74, 6) is 0. The number of hydrogen-bond donors (Lipinski definition) is 2. The van der Waals surface area contributed by atoms with Gasteiger partial charge in [-0.2, -0.15) is 5.10 Å². The summed E-state index contributed by atoms with van der Waals surface area (Å²) in [6, 6.07) is 9.10. The molecule has 2 N–H and O–H groups in total. The third-order valence-electron chi connectivity index (χ3n) is 2.52. The molecule has 0 aliphatic rings. The molecule has 0 amide bonds. The van der Waals surface area contributed by atoms with Gasteiger partial charge in [0.15, 0.2) is 5.03 Å². The molecule has 0 unspecified atom stereocenters. The van der Waals surface area contributed by atoms with Crippen LogP contribution in [-0.2, 0) is 16.6 Å². The summed E-state index contributed by atoms with van der Waals surface area (Å²) in [6.07, 6.45) is 1.40. The van der Waals surface area contributed by atoms with E-state index in [2.05, 4.69) is 19.9 Å². The van der Waals surface area contributed by atoms with E-state index in [1.807, 2.05) is 24.3 Å². The SMILES string of the molecule is O=S(=O)(NCc1nc2ccccc2s1)c1ccn[nH]1. The molecule has 1 aromatic carbocycles. The number of hydrogen-bond acceptors (Lipinski definition) is 5. The maximum atomic E-state index is 11.9. The molecule has 0 aliphatic carbocycles. The van der Waals surface area contributed by atoms with Gasteiger partial charge in [-0.25, -0.2) is 18.1 Å². The topological polar surface area (TPSA) is 87.7 Å². The van der Waals surface area contributed by atoms with Crippen molar-refractivity contribution in [1.82, 2.24) is 19.9 Å². The summed E-state index contributed by atoms with van der Waals surface area (Å²) in [5.41, 5.74) is 0.878. The number of sulfonamides is 1. The molecule has 0 atom stereocenters. The van der Waals surface area contributed by atoms with Crippen LogP contribution in [0.1, 0.15) is 5.01 Å². The number of H-pyrrole nitrogens is 1. The first-order valence-electron chi connectivity index (χ1n) is 5.49. The van der Waals surface area contributed by atoms with Gasteiger partial charge in [0, 0.05) is 0 Å². The van der Waals surface area contributed by atoms with Crippen molar-refractivity contribution < 1.29 is 8.42 Å². The lowest BCUT2D eigenvalue weighted by atomic mass is 10.3. The van der Waals surface area contributed by atoms with E-state index in [9.17, 15) is 8.42 Å². The highest BCUT2D eigenvalue weighted by molar-refractivity contribution is 7.89. The first kappa shape index (κ1) is 12.3. The maximum absolute atomic E-state index is 11.9. The Labute approximate surface area is 113 Å². The highest BCUT2D eigenvalue weighted by Gasteiger charge is 2.15. The van der Waals surface area contributed by atoms with E-state index in [0.29, 0.717) is 0 Å². The fourth-order valence-corrected chi connectivity index (χ4v) is 3.52. The van der Waals surface area contributed by atoms with Crippen molar-refractivity contribution in [2.45, 2.75) is 11.6 Å². The molecule has 6 nitrogen and oxygen atoms in total. The van der Waals surface area contributed by atoms with Crippen LogP contribution in [0, 0.1) is 0 Å². The molecule has 3 aromatic rings. The maximum Gasteiger partial charge on any atom is 0.257 e. The lowest BCUT2D eigenvalue weighted by molar-refractivity contribution is 0.577. The Morgan fingerprint density at radius 1 is 1.26 bits per heavy atom. The number of rotatable bonds is 4. The fourth-order valence-electron chi connectivity index (χ4n) is 1.62. The molecule has 0 bridgehead atoms. The van der Waals surface area contributed by atoms with Crippen molar-refractivity contribution >= 4 is 31.6 Å². The van der Waals surface area contributed by atoms with Crippen molar-refractivity contribution in [3.8, 4) is 0 Å². The van der Waals surface area contributed by atoms with E-state index in [1.165, 1.54) is 23.6 Å². The summed E-state index contributed by atoms with van der Waals surface area (Å²) in [6.45, 7) is 0.167. The number of thiazole rings is 1. The molecule has 0 saturated carbocycles. The number of fused-ring (bicyclic) bond motifs is 1. The fraction of sp³-hybridized carbons (Fsp3) is 0.0909. The predicted molar refractivity (Wildman–Crippen MR) is 72.2 cm³/mol. The molecular formula is C11H10N4O2S2. The Kier molecular flexibility index (Phi) is 3.05. The van der Waals surface area contributed by atoms with Crippen LogP contribution in [0.4, 0.5) is 0 Å². The molecule has 2 aromatic heterocycles. The Bertz CT molecular complexity index is 760. The molecule has 2 heterocycles. The van der Waals surface area contributed by atoms with E-state index >= 15 is 0 Å². The first-order chi connectivity index (χ1) is 9.15. The molecule has 19 heavy (non-hydrogen) atoms. The molecule has 0 radical (unpaired) electrons. The second-order valence-corrected chi connectivity index (χ2v) is 6.67. The minimum atomic E-state index is -3.55. The third kappa shape index (κ3) is 2.50. The third-order valence-corrected chi connectivity index (χ3v) is 4.88. The zero-order chi connectivity index (χ0) is 13.3. The van der Waals surface area contributed by atoms with Crippen molar-refractivity contribution in [2.24, 2.45) is 0 Å². The van der Waals surface area contributed by atoms with E-state index in [4.69, 9.17) is 0 Å². The lowest BCUT2D eigenvalue weighted by Gasteiger charge is -2.01. The van der Waals surface area contributed by atoms with Crippen LogP contribution in [-0.4, -0.2) is 23.6 Å². The molecular weight excluding hydrogens is 284 g/mol. The average Bonchev–Trinajstić information content (AvgIpc) is 3.05. The smallest absolute Gasteiger partial charge is 0.257 e. The van der Waals surface area contributed by atoms with Crippen molar-refractivity contribution in [3.63, 3.8) is 0 Å². The summed E-state index contributed by atoms with van der Waals surface area (Å²) < 4.78 is 27.3. The summed E-state index contributed by atoms with van der Waals surface area (Å²) >= 11 is 1.47. The van der Waals surface area contributed by atoms with Gasteiger partial charge in [-0.3, -0.25) is 5.10 Å². The number of aromatic nitrogens is 3. The Hall–Kier alpha value is -1.77. The number of benzene rings is 1. The zero-order valence-corrected chi connectivity index (χ0v) is 11.3. The van der Waals surface area contributed by atoms with Crippen LogP contribution >= 0.6 is 11.3 Å². The van der Waals surface area contributed by atoms with Crippen molar-refractivity contribution in [1.29, 1.82) is 0 Å². The Morgan fingerprint density at radius 2 is 2.11 bits per heavy atom. The van der Waals surface area contributed by atoms with Gasteiger partial charge in [0.05, 0.1) is 23.0 Å². The highest BCUT2D eigenvalue weighted by atomic mass is 32.2. The van der Waals surface area contributed by atoms with Crippen LogP contribution in [0.15, 0.2) is 41.6 Å². The molecule has 0 fully saturated rings. The van der Waals surface area contributed by atoms with Crippen LogP contribution in [0.2, 0.25) is 0 Å². The quantitative estimate of drug-likeness (QED) is 0.763. The molecule has 3 rings (SSSR count). The monoisotopic (exact) mass is 294 g/mol. The van der Waals surface area contributed by atoms with Gasteiger partial charge in [-0.15, -0.1) is 11.3 Å². The van der Waals surface area contributed by atoms with Gasteiger partial charge < -0.3 is 0 Å². The standard InChI is InChI=1S/C11H10N4O2S2/c16-19(17,11-5-6-12-15-11)13-7-10-14-8-3-1-2-4-9(8)18-10/h1-6,13H,7H2,(H,12,15). The van der Waals surface area contributed by atoms with Gasteiger partial charge in [0.25, 0.3) is 10.0 Å². The van der Waals surface area contributed by atoms with Crippen LogP contribution in [0.5, 0.6) is 0 Å². The molecule has 98 valence electrons. The predicted octanol–water partition coefficient (Wildman–Crippen LogP) is 1.50. The average molecular weight is 294 g/mol. The summed E-state index contributed by atoms with van der Waals surface area (Å²) in [7, 11) is -3.55. The number of aromatic amines is 1. The lowest BCUT2D eigenvalue weighted by Crippen LogP contribution is -2.23. The van der Waals surface area contributed by atoms with Crippen LogP contribution in [0.3, 0.4) is 0 Å². The van der Waals surface area contributed by atoms with Gasteiger partial charge in [-0.1, -0.05) is 12.1 Å². The van der Waals surface area contributed by atoms with Crippen LogP contribution in [0.25, 0.3) is 10.2 Å². The van der Waals surface area contributed by atoms with Gasteiger partial charge >= 0.3 is 0 Å². The second kappa shape index (κ2) is 4.72. The Morgan fingerprint density at radius 3 is 2.84 bits per heavy atom. The second-order valence-electron chi connectivity index (χ2n) is 3.82. The van der Waals surface area contributed by atoms with Crippen molar-refractivity contribution in [3.05, 3.63) is 41.5 Å². The highest BCUT2D eigenvalue weighted by Crippen LogP contribution is 2.21. The van der Waals surface area contributed by atoms with Crippen molar-refractivity contribution in [2.75, 3.05) is 0 Å². The molecule has 0 saturated heterocycles. The number of nitrogens with zero attached hydrogens (tertiary/aromatic N) is 2. The molecule has 8 heteroatoms. The van der Waals surface area contributed by atoms with E-state index in [0.717, 1.165) is 15.2 Å². The van der Waals surface area contributed by atoms with E-state index in [1.54, 1.807) is 0 Å². The molecule has 0 aliphatic heterocycles. The van der Waals surface area contributed by atoms with Crippen LogP contribution < -0.4 is 4.72 Å². The summed E-state index contributed by atoms with van der Waals surface area (Å²) in [4.78, 5) is 4.36. The Balaban J connectivity index is 1.79. The molecule has 0 spiro atoms. The van der Waals surface area contributed by atoms with E-state index in [-0.39, 0.29) is 11.6 Å².